The van der Waals surface area contributed by atoms with Crippen LogP contribution >= 0.6 is 24.0 Å². The van der Waals surface area contributed by atoms with Crippen molar-refractivity contribution in [2.24, 2.45) is 4.99 Å². The Morgan fingerprint density at radius 1 is 1.27 bits per heavy atom. The minimum absolute atomic E-state index is 0. The number of aliphatic hydroxyl groups is 1. The van der Waals surface area contributed by atoms with Crippen molar-refractivity contribution in [2.75, 3.05) is 19.6 Å². The van der Waals surface area contributed by atoms with E-state index in [2.05, 4.69) is 57.8 Å². The summed E-state index contributed by atoms with van der Waals surface area (Å²) in [5, 5.41) is 17.5. The fourth-order valence-electron chi connectivity index (χ4n) is 3.81. The van der Waals surface area contributed by atoms with Gasteiger partial charge in [0.25, 0.3) is 0 Å². The van der Waals surface area contributed by atoms with Gasteiger partial charge in [-0.15, -0.1) is 24.0 Å². The number of guanidine groups is 1. The Morgan fingerprint density at radius 3 is 2.67 bits per heavy atom. The van der Waals surface area contributed by atoms with Gasteiger partial charge in [-0.25, -0.2) is 4.99 Å². The third kappa shape index (κ3) is 6.99. The number of aliphatic imine (C=N–C) groups is 1. The van der Waals surface area contributed by atoms with Crippen LogP contribution in [0.1, 0.15) is 44.9 Å². The molecule has 3 rings (SSSR count). The molecule has 0 saturated carbocycles. The van der Waals surface area contributed by atoms with Crippen LogP contribution in [-0.4, -0.2) is 47.7 Å². The zero-order valence-electron chi connectivity index (χ0n) is 18.2. The van der Waals surface area contributed by atoms with Crippen LogP contribution in [0.3, 0.4) is 0 Å². The highest BCUT2D eigenvalue weighted by atomic mass is 127. The second-order valence-electron chi connectivity index (χ2n) is 8.12. The van der Waals surface area contributed by atoms with Gasteiger partial charge in [-0.2, -0.15) is 0 Å². The van der Waals surface area contributed by atoms with E-state index >= 15 is 0 Å². The molecule has 30 heavy (non-hydrogen) atoms. The number of hydrogen-bond acceptors (Lipinski definition) is 4. The van der Waals surface area contributed by atoms with Crippen molar-refractivity contribution < 1.29 is 9.52 Å². The van der Waals surface area contributed by atoms with E-state index in [1.165, 1.54) is 5.56 Å². The number of piperidine rings is 1. The first kappa shape index (κ1) is 24.7. The summed E-state index contributed by atoms with van der Waals surface area (Å²) in [6.45, 7) is 9.13. The molecule has 166 valence electrons. The average molecular weight is 526 g/mol. The maximum Gasteiger partial charge on any atom is 0.191 e. The molecule has 2 aromatic rings. The van der Waals surface area contributed by atoms with Crippen LogP contribution in [0, 0.1) is 0 Å². The monoisotopic (exact) mass is 526 g/mol. The molecule has 3 unspecified atom stereocenters. The van der Waals surface area contributed by atoms with Gasteiger partial charge in [-0.05, 0) is 51.3 Å². The first-order valence-corrected chi connectivity index (χ1v) is 10.6. The Balaban J connectivity index is 0.00000320. The minimum Gasteiger partial charge on any atom is -0.466 e. The molecule has 0 aliphatic carbocycles. The molecule has 0 radical (unpaired) electrons. The molecule has 3 atom stereocenters. The highest BCUT2D eigenvalue weighted by Crippen LogP contribution is 2.22. The van der Waals surface area contributed by atoms with E-state index in [0.29, 0.717) is 17.8 Å². The fourth-order valence-corrected chi connectivity index (χ4v) is 3.81. The predicted molar refractivity (Wildman–Crippen MR) is 132 cm³/mol. The molecule has 1 saturated heterocycles. The van der Waals surface area contributed by atoms with Crippen LogP contribution in [0.4, 0.5) is 0 Å². The van der Waals surface area contributed by atoms with Crippen molar-refractivity contribution in [1.82, 2.24) is 15.5 Å². The molecule has 2 heterocycles. The number of nitrogens with one attached hydrogen (secondary N) is 2. The van der Waals surface area contributed by atoms with Gasteiger partial charge in [0.15, 0.2) is 5.96 Å². The van der Waals surface area contributed by atoms with E-state index in [1.807, 2.05) is 6.92 Å². The molecule has 3 N–H and O–H groups in total. The maximum atomic E-state index is 10.7. The van der Waals surface area contributed by atoms with E-state index in [4.69, 9.17) is 4.42 Å². The predicted octanol–water partition coefficient (Wildman–Crippen LogP) is 3.71. The van der Waals surface area contributed by atoms with E-state index in [1.54, 1.807) is 25.3 Å². The Kier molecular flexibility index (Phi) is 9.64. The molecule has 1 aromatic carbocycles. The molecule has 1 aliphatic heterocycles. The van der Waals surface area contributed by atoms with Crippen molar-refractivity contribution in [2.45, 2.75) is 57.8 Å². The Morgan fingerprint density at radius 2 is 2.03 bits per heavy atom. The minimum atomic E-state index is -1.13. The molecular formula is C23H35IN4O2. The van der Waals surface area contributed by atoms with Crippen LogP contribution in [0.15, 0.2) is 58.1 Å². The van der Waals surface area contributed by atoms with E-state index in [-0.39, 0.29) is 30.5 Å². The number of hydrogen-bond donors (Lipinski definition) is 3. The lowest BCUT2D eigenvalue weighted by Crippen LogP contribution is -2.51. The molecule has 1 aromatic heterocycles. The molecule has 0 amide bonds. The lowest BCUT2D eigenvalue weighted by Gasteiger charge is -2.38. The van der Waals surface area contributed by atoms with Crippen molar-refractivity contribution in [3.05, 3.63) is 60.1 Å². The van der Waals surface area contributed by atoms with Crippen LogP contribution in [0.25, 0.3) is 0 Å². The highest BCUT2D eigenvalue weighted by molar-refractivity contribution is 14.0. The van der Waals surface area contributed by atoms with Crippen molar-refractivity contribution in [3.8, 4) is 0 Å². The van der Waals surface area contributed by atoms with Gasteiger partial charge >= 0.3 is 0 Å². The molecular weight excluding hydrogens is 491 g/mol. The molecule has 7 heteroatoms. The first-order valence-electron chi connectivity index (χ1n) is 10.6. The van der Waals surface area contributed by atoms with Crippen LogP contribution in [0.2, 0.25) is 0 Å². The lowest BCUT2D eigenvalue weighted by molar-refractivity contribution is 0.0436. The van der Waals surface area contributed by atoms with Gasteiger partial charge in [0.2, 0.25) is 0 Å². The summed E-state index contributed by atoms with van der Waals surface area (Å²) >= 11 is 0. The summed E-state index contributed by atoms with van der Waals surface area (Å²) < 4.78 is 5.35. The fraction of sp³-hybridized carbons (Fsp3) is 0.522. The number of benzene rings is 1. The molecule has 6 nitrogen and oxygen atoms in total. The summed E-state index contributed by atoms with van der Waals surface area (Å²) in [6.07, 6.45) is 3.70. The smallest absolute Gasteiger partial charge is 0.191 e. The Labute approximate surface area is 197 Å². The quantitative estimate of drug-likeness (QED) is 0.292. The summed E-state index contributed by atoms with van der Waals surface area (Å²) in [6, 6.07) is 15.1. The maximum absolute atomic E-state index is 10.7. The van der Waals surface area contributed by atoms with Crippen molar-refractivity contribution >= 4 is 29.9 Å². The van der Waals surface area contributed by atoms with Crippen molar-refractivity contribution in [1.29, 1.82) is 0 Å². The normalized spacial score (nSPS) is 22.1. The molecule has 0 bridgehead atoms. The van der Waals surface area contributed by atoms with Gasteiger partial charge in [0.1, 0.15) is 11.4 Å². The number of likely N-dealkylation sites (tertiary alicyclic amines) is 1. The second kappa shape index (κ2) is 11.7. The average Bonchev–Trinajstić information content (AvgIpc) is 3.25. The summed E-state index contributed by atoms with van der Waals surface area (Å²) in [5.74, 6) is 1.27. The number of rotatable bonds is 7. The molecule has 1 fully saturated rings. The summed E-state index contributed by atoms with van der Waals surface area (Å²) in [7, 11) is 0. The first-order chi connectivity index (χ1) is 14.0. The van der Waals surface area contributed by atoms with Crippen LogP contribution in [0.5, 0.6) is 0 Å². The molecule has 0 spiro atoms. The summed E-state index contributed by atoms with van der Waals surface area (Å²) in [4.78, 5) is 7.16. The van der Waals surface area contributed by atoms with Crippen LogP contribution in [-0.2, 0) is 12.1 Å². The largest absolute Gasteiger partial charge is 0.466 e. The van der Waals surface area contributed by atoms with Gasteiger partial charge < -0.3 is 20.2 Å². The van der Waals surface area contributed by atoms with E-state index < -0.39 is 5.60 Å². The second-order valence-corrected chi connectivity index (χ2v) is 8.12. The lowest BCUT2D eigenvalue weighted by atomic mass is 9.97. The highest BCUT2D eigenvalue weighted by Gasteiger charge is 2.28. The van der Waals surface area contributed by atoms with Gasteiger partial charge in [0.05, 0.1) is 12.8 Å². The van der Waals surface area contributed by atoms with Gasteiger partial charge in [0, 0.05) is 31.7 Å². The third-order valence-corrected chi connectivity index (χ3v) is 5.52. The van der Waals surface area contributed by atoms with Gasteiger partial charge in [-0.1, -0.05) is 30.3 Å². The number of nitrogens with zero attached hydrogens (tertiary/aromatic N) is 2. The zero-order chi connectivity index (χ0) is 20.7. The van der Waals surface area contributed by atoms with Crippen LogP contribution < -0.4 is 10.6 Å². The number of halogens is 1. The summed E-state index contributed by atoms with van der Waals surface area (Å²) in [5.41, 5.74) is 0.235. The zero-order valence-corrected chi connectivity index (χ0v) is 20.5. The Hall–Kier alpha value is -1.58. The SMILES string of the molecule is CCNC(=NCC(C)(O)c1ccco1)NC1CCN(Cc2ccccc2)C(C)C1.I. The van der Waals surface area contributed by atoms with Gasteiger partial charge in [-0.3, -0.25) is 4.90 Å². The van der Waals surface area contributed by atoms with Crippen molar-refractivity contribution in [3.63, 3.8) is 0 Å². The number of furan rings is 1. The van der Waals surface area contributed by atoms with E-state index in [9.17, 15) is 5.11 Å². The third-order valence-electron chi connectivity index (χ3n) is 5.52. The topological polar surface area (TPSA) is 73.0 Å². The van der Waals surface area contributed by atoms with E-state index in [0.717, 1.165) is 38.4 Å². The Bertz CT molecular complexity index is 765. The molecule has 1 aliphatic rings. The standard InChI is InChI=1S/C23H34N4O2.HI/c1-4-24-22(25-17-23(3,28)21-11-8-14-29-21)26-20-12-13-27(18(2)15-20)16-19-9-6-5-7-10-19;/h5-11,14,18,20,28H,4,12-13,15-17H2,1-3H3,(H2,24,25,26);1H.